The van der Waals surface area contributed by atoms with Crippen molar-refractivity contribution >= 4 is 11.9 Å². The molecule has 0 saturated carbocycles. The van der Waals surface area contributed by atoms with Crippen LogP contribution in [0.15, 0.2) is 6.20 Å². The monoisotopic (exact) mass is 235 g/mol. The number of aromatic nitrogens is 2. The molecule has 1 saturated heterocycles. The molecule has 1 N–H and O–H groups in total. The Morgan fingerprint density at radius 3 is 2.94 bits per heavy atom. The minimum absolute atomic E-state index is 0.179. The smallest absolute Gasteiger partial charge is 0.339 e. The van der Waals surface area contributed by atoms with E-state index in [9.17, 15) is 4.79 Å². The van der Waals surface area contributed by atoms with E-state index in [1.807, 2.05) is 0 Å². The van der Waals surface area contributed by atoms with E-state index in [4.69, 9.17) is 5.11 Å². The topological polar surface area (TPSA) is 66.3 Å². The number of aromatic carboxylic acids is 1. The second kappa shape index (κ2) is 4.69. The van der Waals surface area contributed by atoms with E-state index < -0.39 is 5.97 Å². The maximum absolute atomic E-state index is 10.9. The normalized spacial score (nSPS) is 20.4. The van der Waals surface area contributed by atoms with Gasteiger partial charge in [0.25, 0.3) is 0 Å². The molecule has 0 spiro atoms. The first-order chi connectivity index (χ1) is 8.08. The molecule has 0 amide bonds. The zero-order valence-electron chi connectivity index (χ0n) is 10.2. The van der Waals surface area contributed by atoms with Gasteiger partial charge in [0.1, 0.15) is 0 Å². The van der Waals surface area contributed by atoms with Gasteiger partial charge in [-0.3, -0.25) is 0 Å². The Hall–Kier alpha value is -1.65. The van der Waals surface area contributed by atoms with Crippen LogP contribution in [0.2, 0.25) is 0 Å². The summed E-state index contributed by atoms with van der Waals surface area (Å²) in [6.45, 7) is 5.83. The van der Waals surface area contributed by atoms with E-state index >= 15 is 0 Å². The number of aryl methyl sites for hydroxylation is 1. The highest BCUT2D eigenvalue weighted by atomic mass is 16.4. The fourth-order valence-electron chi connectivity index (χ4n) is 2.19. The predicted molar refractivity (Wildman–Crippen MR) is 64.3 cm³/mol. The summed E-state index contributed by atoms with van der Waals surface area (Å²) in [5, 5.41) is 8.92. The predicted octanol–water partition coefficient (Wildman–Crippen LogP) is 1.72. The highest BCUT2D eigenvalue weighted by Crippen LogP contribution is 2.20. The van der Waals surface area contributed by atoms with Crippen molar-refractivity contribution in [2.45, 2.75) is 26.7 Å². The SMILES string of the molecule is Cc1nc(N2CCC[C@H](C)C2)ncc1C(=O)O. The third-order valence-corrected chi connectivity index (χ3v) is 3.14. The maximum Gasteiger partial charge on any atom is 0.339 e. The summed E-state index contributed by atoms with van der Waals surface area (Å²) in [7, 11) is 0. The van der Waals surface area contributed by atoms with Gasteiger partial charge in [-0.25, -0.2) is 14.8 Å². The van der Waals surface area contributed by atoms with Crippen molar-refractivity contribution in [2.75, 3.05) is 18.0 Å². The van der Waals surface area contributed by atoms with Crippen molar-refractivity contribution in [3.8, 4) is 0 Å². The van der Waals surface area contributed by atoms with Gasteiger partial charge in [0, 0.05) is 19.3 Å². The minimum atomic E-state index is -0.971. The summed E-state index contributed by atoms with van der Waals surface area (Å²) in [5.74, 6) is 0.326. The van der Waals surface area contributed by atoms with Gasteiger partial charge in [-0.1, -0.05) is 6.92 Å². The quantitative estimate of drug-likeness (QED) is 0.845. The number of hydrogen-bond donors (Lipinski definition) is 1. The van der Waals surface area contributed by atoms with Gasteiger partial charge in [-0.05, 0) is 25.7 Å². The fourth-order valence-corrected chi connectivity index (χ4v) is 2.19. The van der Waals surface area contributed by atoms with Crippen LogP contribution in [0.4, 0.5) is 5.95 Å². The summed E-state index contributed by atoms with van der Waals surface area (Å²) in [6.07, 6.45) is 3.78. The maximum atomic E-state index is 10.9. The average Bonchev–Trinajstić information content (AvgIpc) is 2.28. The molecule has 0 unspecified atom stereocenters. The molecule has 5 nitrogen and oxygen atoms in total. The van der Waals surface area contributed by atoms with Crippen molar-refractivity contribution < 1.29 is 9.90 Å². The van der Waals surface area contributed by atoms with Crippen LogP contribution in [0.25, 0.3) is 0 Å². The zero-order chi connectivity index (χ0) is 12.4. The number of carboxylic acids is 1. The zero-order valence-corrected chi connectivity index (χ0v) is 10.2. The van der Waals surface area contributed by atoms with Crippen molar-refractivity contribution in [2.24, 2.45) is 5.92 Å². The molecule has 2 heterocycles. The molecule has 0 radical (unpaired) electrons. The van der Waals surface area contributed by atoms with Gasteiger partial charge >= 0.3 is 5.97 Å². The number of nitrogens with zero attached hydrogens (tertiary/aromatic N) is 3. The Labute approximate surface area is 100 Å². The molecule has 0 bridgehead atoms. The number of carboxylic acid groups (broad SMARTS) is 1. The number of piperidine rings is 1. The standard InChI is InChI=1S/C12H17N3O2/c1-8-4-3-5-15(7-8)12-13-6-10(11(16)17)9(2)14-12/h6,8H,3-5,7H2,1-2H3,(H,16,17)/t8-/m0/s1. The summed E-state index contributed by atoms with van der Waals surface area (Å²) < 4.78 is 0. The van der Waals surface area contributed by atoms with Gasteiger partial charge in [0.2, 0.25) is 5.95 Å². The van der Waals surface area contributed by atoms with Crippen LogP contribution in [0.1, 0.15) is 35.8 Å². The molecule has 1 aliphatic heterocycles. The highest BCUT2D eigenvalue weighted by molar-refractivity contribution is 5.88. The lowest BCUT2D eigenvalue weighted by atomic mass is 10.0. The van der Waals surface area contributed by atoms with Crippen LogP contribution in [-0.4, -0.2) is 34.1 Å². The molecule has 0 aromatic carbocycles. The van der Waals surface area contributed by atoms with Gasteiger partial charge < -0.3 is 10.0 Å². The van der Waals surface area contributed by atoms with E-state index in [-0.39, 0.29) is 5.56 Å². The lowest BCUT2D eigenvalue weighted by Gasteiger charge is -2.31. The first-order valence-corrected chi connectivity index (χ1v) is 5.90. The molecule has 1 atom stereocenters. The molecular weight excluding hydrogens is 218 g/mol. The van der Waals surface area contributed by atoms with E-state index in [0.29, 0.717) is 17.6 Å². The number of hydrogen-bond acceptors (Lipinski definition) is 4. The van der Waals surface area contributed by atoms with Crippen LogP contribution < -0.4 is 4.90 Å². The largest absolute Gasteiger partial charge is 0.478 e. The summed E-state index contributed by atoms with van der Waals surface area (Å²) >= 11 is 0. The summed E-state index contributed by atoms with van der Waals surface area (Å²) in [4.78, 5) is 21.4. The lowest BCUT2D eigenvalue weighted by molar-refractivity contribution is 0.0695. The first kappa shape index (κ1) is 11.8. The molecule has 1 aliphatic rings. The molecule has 1 aromatic rings. The van der Waals surface area contributed by atoms with Crippen LogP contribution in [0.5, 0.6) is 0 Å². The highest BCUT2D eigenvalue weighted by Gasteiger charge is 2.19. The van der Waals surface area contributed by atoms with Gasteiger partial charge in [0.15, 0.2) is 0 Å². The Bertz CT molecular complexity index is 434. The Morgan fingerprint density at radius 2 is 2.35 bits per heavy atom. The molecule has 1 aromatic heterocycles. The van der Waals surface area contributed by atoms with Gasteiger partial charge in [0.05, 0.1) is 11.3 Å². The second-order valence-electron chi connectivity index (χ2n) is 4.67. The van der Waals surface area contributed by atoms with E-state index in [1.165, 1.54) is 12.6 Å². The molecule has 17 heavy (non-hydrogen) atoms. The first-order valence-electron chi connectivity index (χ1n) is 5.90. The minimum Gasteiger partial charge on any atom is -0.478 e. The third-order valence-electron chi connectivity index (χ3n) is 3.14. The van der Waals surface area contributed by atoms with Crippen molar-refractivity contribution in [1.29, 1.82) is 0 Å². The molecule has 92 valence electrons. The van der Waals surface area contributed by atoms with Gasteiger partial charge in [-0.2, -0.15) is 0 Å². The van der Waals surface area contributed by atoms with Crippen LogP contribution in [0.3, 0.4) is 0 Å². The lowest BCUT2D eigenvalue weighted by Crippen LogP contribution is -2.35. The fraction of sp³-hybridized carbons (Fsp3) is 0.583. The second-order valence-corrected chi connectivity index (χ2v) is 4.67. The van der Waals surface area contributed by atoms with E-state index in [0.717, 1.165) is 19.5 Å². The van der Waals surface area contributed by atoms with E-state index in [2.05, 4.69) is 21.8 Å². The molecule has 0 aliphatic carbocycles. The number of anilines is 1. The summed E-state index contributed by atoms with van der Waals surface area (Å²) in [6, 6.07) is 0. The third kappa shape index (κ3) is 2.54. The van der Waals surface area contributed by atoms with Crippen LogP contribution in [-0.2, 0) is 0 Å². The average molecular weight is 235 g/mol. The molecule has 5 heteroatoms. The summed E-state index contributed by atoms with van der Waals surface area (Å²) in [5.41, 5.74) is 0.708. The van der Waals surface area contributed by atoms with Crippen molar-refractivity contribution in [3.05, 3.63) is 17.5 Å². The number of carbonyl (C=O) groups is 1. The molecule has 1 fully saturated rings. The Morgan fingerprint density at radius 1 is 1.59 bits per heavy atom. The Kier molecular flexibility index (Phi) is 3.26. The molecular formula is C12H17N3O2. The van der Waals surface area contributed by atoms with Crippen LogP contribution >= 0.6 is 0 Å². The van der Waals surface area contributed by atoms with Crippen molar-refractivity contribution in [3.63, 3.8) is 0 Å². The molecule has 2 rings (SSSR count). The van der Waals surface area contributed by atoms with E-state index in [1.54, 1.807) is 6.92 Å². The number of rotatable bonds is 2. The Balaban J connectivity index is 2.22. The van der Waals surface area contributed by atoms with Crippen molar-refractivity contribution in [1.82, 2.24) is 9.97 Å². The van der Waals surface area contributed by atoms with Crippen LogP contribution in [0, 0.1) is 12.8 Å². The van der Waals surface area contributed by atoms with Gasteiger partial charge in [-0.15, -0.1) is 0 Å².